The molecule has 3 nitrogen and oxygen atoms in total. The quantitative estimate of drug-likeness (QED) is 0.839. The summed E-state index contributed by atoms with van der Waals surface area (Å²) >= 11 is 0. The fraction of sp³-hybridized carbons (Fsp3) is 1.00. The number of hydrogen-bond donors (Lipinski definition) is 1. The summed E-state index contributed by atoms with van der Waals surface area (Å²) in [5, 5.41) is 3.50. The molecular weight excluding hydrogens is 246 g/mol. The molecule has 0 bridgehead atoms. The van der Waals surface area contributed by atoms with Crippen LogP contribution in [-0.2, 0) is 9.84 Å². The minimum absolute atomic E-state index is 0.110. The Bertz CT molecular complexity index is 381. The van der Waals surface area contributed by atoms with Gasteiger partial charge in [-0.2, -0.15) is 0 Å². The molecule has 1 N–H and O–H groups in total. The molecule has 0 atom stereocenters. The van der Waals surface area contributed by atoms with Crippen LogP contribution in [0.3, 0.4) is 0 Å². The van der Waals surface area contributed by atoms with Crippen molar-refractivity contribution in [3.63, 3.8) is 0 Å². The first-order valence-corrected chi connectivity index (χ1v) is 8.50. The van der Waals surface area contributed by atoms with Crippen LogP contribution in [0.2, 0.25) is 0 Å². The minimum atomic E-state index is -2.97. The number of sulfone groups is 1. The van der Waals surface area contributed by atoms with Crippen molar-refractivity contribution in [2.45, 2.75) is 71.1 Å². The monoisotopic (exact) mass is 275 g/mol. The van der Waals surface area contributed by atoms with Gasteiger partial charge in [-0.15, -0.1) is 0 Å². The number of nitrogens with one attached hydrogen (secondary N) is 1. The summed E-state index contributed by atoms with van der Waals surface area (Å²) < 4.78 is 23.6. The summed E-state index contributed by atoms with van der Waals surface area (Å²) in [6.07, 6.45) is 3.13. The molecule has 0 saturated heterocycles. The fourth-order valence-electron chi connectivity index (χ4n) is 1.80. The standard InChI is InChI=1S/C14H29NO2S/c1-12(2,3)15-11-14(7-8-14)9-10-18(16,17)13(4,5)6/h15H,7-11H2,1-6H3. The van der Waals surface area contributed by atoms with Gasteiger partial charge in [-0.25, -0.2) is 8.42 Å². The Morgan fingerprint density at radius 2 is 1.56 bits per heavy atom. The van der Waals surface area contributed by atoms with Gasteiger partial charge in [0.15, 0.2) is 9.84 Å². The minimum Gasteiger partial charge on any atom is -0.312 e. The highest BCUT2D eigenvalue weighted by atomic mass is 32.2. The maximum atomic E-state index is 12.1. The molecule has 0 aliphatic heterocycles. The van der Waals surface area contributed by atoms with E-state index in [1.165, 1.54) is 0 Å². The van der Waals surface area contributed by atoms with Crippen LogP contribution in [-0.4, -0.2) is 31.0 Å². The van der Waals surface area contributed by atoms with Gasteiger partial charge in [0, 0.05) is 12.1 Å². The van der Waals surface area contributed by atoms with Gasteiger partial charge < -0.3 is 5.32 Å². The third-order valence-corrected chi connectivity index (χ3v) is 6.39. The number of hydrogen-bond acceptors (Lipinski definition) is 3. The average Bonchev–Trinajstić information content (AvgIpc) is 2.90. The predicted octanol–water partition coefficient (Wildman–Crippen LogP) is 2.76. The van der Waals surface area contributed by atoms with Crippen molar-refractivity contribution in [3.05, 3.63) is 0 Å². The summed E-state index contributed by atoms with van der Waals surface area (Å²) in [5.74, 6) is 0.322. The Hall–Kier alpha value is -0.0900. The Balaban J connectivity index is 2.49. The molecule has 0 amide bonds. The van der Waals surface area contributed by atoms with E-state index in [1.54, 1.807) is 20.8 Å². The Kier molecular flexibility index (Phi) is 4.24. The fourth-order valence-corrected chi connectivity index (χ4v) is 3.12. The van der Waals surface area contributed by atoms with E-state index in [0.717, 1.165) is 25.8 Å². The van der Waals surface area contributed by atoms with E-state index in [4.69, 9.17) is 0 Å². The summed E-state index contributed by atoms with van der Waals surface area (Å²) in [5.41, 5.74) is 0.351. The first-order chi connectivity index (χ1) is 7.87. The Morgan fingerprint density at radius 1 is 1.06 bits per heavy atom. The van der Waals surface area contributed by atoms with Crippen molar-refractivity contribution in [2.75, 3.05) is 12.3 Å². The van der Waals surface area contributed by atoms with Crippen LogP contribution in [0, 0.1) is 5.41 Å². The second kappa shape index (κ2) is 4.78. The SMILES string of the molecule is CC(C)(C)NCC1(CCS(=O)(=O)C(C)(C)C)CC1. The third kappa shape index (κ3) is 4.54. The Labute approximate surface area is 113 Å². The van der Waals surface area contributed by atoms with Crippen LogP contribution < -0.4 is 5.32 Å². The van der Waals surface area contributed by atoms with E-state index in [1.807, 2.05) is 0 Å². The van der Waals surface area contributed by atoms with Gasteiger partial charge in [0.1, 0.15) is 0 Å². The van der Waals surface area contributed by atoms with Gasteiger partial charge in [-0.3, -0.25) is 0 Å². The van der Waals surface area contributed by atoms with Crippen molar-refractivity contribution in [1.82, 2.24) is 5.32 Å². The third-order valence-electron chi connectivity index (χ3n) is 3.78. The van der Waals surface area contributed by atoms with Crippen molar-refractivity contribution >= 4 is 9.84 Å². The lowest BCUT2D eigenvalue weighted by atomic mass is 10.0. The molecule has 4 heteroatoms. The van der Waals surface area contributed by atoms with Gasteiger partial charge in [-0.05, 0) is 66.2 Å². The van der Waals surface area contributed by atoms with E-state index in [2.05, 4.69) is 26.1 Å². The highest BCUT2D eigenvalue weighted by Gasteiger charge is 2.44. The largest absolute Gasteiger partial charge is 0.312 e. The lowest BCUT2D eigenvalue weighted by molar-refractivity contribution is 0.351. The smallest absolute Gasteiger partial charge is 0.155 e. The van der Waals surface area contributed by atoms with E-state index in [0.29, 0.717) is 5.75 Å². The molecule has 0 aromatic heterocycles. The first-order valence-electron chi connectivity index (χ1n) is 6.84. The highest BCUT2D eigenvalue weighted by Crippen LogP contribution is 2.49. The number of rotatable bonds is 5. The van der Waals surface area contributed by atoms with E-state index >= 15 is 0 Å². The maximum Gasteiger partial charge on any atom is 0.155 e. The molecule has 1 aliphatic rings. The molecule has 0 aromatic rings. The second-order valence-electron chi connectivity index (χ2n) is 7.78. The zero-order valence-electron chi connectivity index (χ0n) is 12.8. The first kappa shape index (κ1) is 16.0. The van der Waals surface area contributed by atoms with Crippen LogP contribution in [0.25, 0.3) is 0 Å². The zero-order valence-corrected chi connectivity index (χ0v) is 13.6. The lowest BCUT2D eigenvalue weighted by Gasteiger charge is -2.26. The van der Waals surface area contributed by atoms with Gasteiger partial charge in [-0.1, -0.05) is 0 Å². The molecule has 108 valence electrons. The van der Waals surface area contributed by atoms with Gasteiger partial charge >= 0.3 is 0 Å². The van der Waals surface area contributed by atoms with E-state index in [9.17, 15) is 8.42 Å². The molecule has 0 unspecified atom stereocenters. The van der Waals surface area contributed by atoms with Crippen molar-refractivity contribution in [3.8, 4) is 0 Å². The van der Waals surface area contributed by atoms with Crippen molar-refractivity contribution in [1.29, 1.82) is 0 Å². The zero-order chi connectivity index (χ0) is 14.2. The van der Waals surface area contributed by atoms with E-state index in [-0.39, 0.29) is 11.0 Å². The summed E-state index contributed by atoms with van der Waals surface area (Å²) in [6, 6.07) is 0. The van der Waals surface area contributed by atoms with Crippen LogP contribution in [0.5, 0.6) is 0 Å². The van der Waals surface area contributed by atoms with Crippen LogP contribution in [0.4, 0.5) is 0 Å². The molecule has 1 rings (SSSR count). The molecule has 0 radical (unpaired) electrons. The summed E-state index contributed by atoms with van der Waals surface area (Å²) in [7, 11) is -2.97. The van der Waals surface area contributed by atoms with Crippen LogP contribution >= 0.6 is 0 Å². The molecule has 0 heterocycles. The normalized spacial score (nSPS) is 19.9. The van der Waals surface area contributed by atoms with E-state index < -0.39 is 14.6 Å². The second-order valence-corrected chi connectivity index (χ2v) is 10.6. The molecule has 0 aromatic carbocycles. The van der Waals surface area contributed by atoms with Crippen LogP contribution in [0.1, 0.15) is 60.8 Å². The Morgan fingerprint density at radius 3 is 1.89 bits per heavy atom. The van der Waals surface area contributed by atoms with Gasteiger partial charge in [0.05, 0.1) is 10.5 Å². The maximum absolute atomic E-state index is 12.1. The molecule has 0 spiro atoms. The van der Waals surface area contributed by atoms with Gasteiger partial charge in [0.25, 0.3) is 0 Å². The molecule has 1 aliphatic carbocycles. The molecule has 1 fully saturated rings. The summed E-state index contributed by atoms with van der Waals surface area (Å²) in [6.45, 7) is 12.7. The molecule has 1 saturated carbocycles. The van der Waals surface area contributed by atoms with Crippen LogP contribution in [0.15, 0.2) is 0 Å². The van der Waals surface area contributed by atoms with Crippen molar-refractivity contribution < 1.29 is 8.42 Å². The average molecular weight is 275 g/mol. The summed E-state index contributed by atoms with van der Waals surface area (Å²) in [4.78, 5) is 0. The molecule has 18 heavy (non-hydrogen) atoms. The van der Waals surface area contributed by atoms with Gasteiger partial charge in [0.2, 0.25) is 0 Å². The van der Waals surface area contributed by atoms with Crippen molar-refractivity contribution in [2.24, 2.45) is 5.41 Å². The lowest BCUT2D eigenvalue weighted by Crippen LogP contribution is -2.40. The molecular formula is C14H29NO2S. The predicted molar refractivity (Wildman–Crippen MR) is 77.6 cm³/mol. The highest BCUT2D eigenvalue weighted by molar-refractivity contribution is 7.92. The topological polar surface area (TPSA) is 46.2 Å².